The van der Waals surface area contributed by atoms with Crippen molar-refractivity contribution in [3.8, 4) is 0 Å². The standard InChI is InChI=1S/C13H21NOS/c14-13(7-2-1-3-8-13)11-15-9-6-12-5-4-10-16-12/h4-5,10H,1-3,6-9,11,14H2. The molecule has 0 amide bonds. The summed E-state index contributed by atoms with van der Waals surface area (Å²) < 4.78 is 5.73. The Hall–Kier alpha value is -0.380. The van der Waals surface area contributed by atoms with Gasteiger partial charge in [-0.2, -0.15) is 0 Å². The van der Waals surface area contributed by atoms with Crippen LogP contribution in [0.2, 0.25) is 0 Å². The van der Waals surface area contributed by atoms with Crippen molar-refractivity contribution in [1.29, 1.82) is 0 Å². The van der Waals surface area contributed by atoms with Crippen LogP contribution in [0.15, 0.2) is 17.5 Å². The molecule has 1 aliphatic carbocycles. The zero-order valence-corrected chi connectivity index (χ0v) is 10.6. The second-order valence-corrected chi connectivity index (χ2v) is 5.84. The van der Waals surface area contributed by atoms with Crippen molar-refractivity contribution < 1.29 is 4.74 Å². The van der Waals surface area contributed by atoms with Crippen molar-refractivity contribution in [2.24, 2.45) is 5.73 Å². The normalized spacial score (nSPS) is 19.8. The lowest BCUT2D eigenvalue weighted by molar-refractivity contribution is 0.0701. The van der Waals surface area contributed by atoms with E-state index in [0.717, 1.165) is 32.5 Å². The number of ether oxygens (including phenoxy) is 1. The fourth-order valence-electron chi connectivity index (χ4n) is 2.30. The lowest BCUT2D eigenvalue weighted by Crippen LogP contribution is -2.46. The molecule has 1 fully saturated rings. The van der Waals surface area contributed by atoms with Gasteiger partial charge in [-0.3, -0.25) is 0 Å². The summed E-state index contributed by atoms with van der Waals surface area (Å²) in [4.78, 5) is 1.40. The van der Waals surface area contributed by atoms with Crippen LogP contribution >= 0.6 is 11.3 Å². The van der Waals surface area contributed by atoms with Gasteiger partial charge in [-0.15, -0.1) is 11.3 Å². The summed E-state index contributed by atoms with van der Waals surface area (Å²) in [6.45, 7) is 1.54. The van der Waals surface area contributed by atoms with Crippen LogP contribution in [0.3, 0.4) is 0 Å². The molecule has 0 unspecified atom stereocenters. The van der Waals surface area contributed by atoms with E-state index in [1.54, 1.807) is 11.3 Å². The second kappa shape index (κ2) is 5.80. The van der Waals surface area contributed by atoms with Gasteiger partial charge in [0.2, 0.25) is 0 Å². The highest BCUT2D eigenvalue weighted by atomic mass is 32.1. The van der Waals surface area contributed by atoms with Crippen molar-refractivity contribution in [3.63, 3.8) is 0 Å². The number of nitrogens with two attached hydrogens (primary N) is 1. The zero-order chi connectivity index (χ0) is 11.3. The molecule has 1 aromatic heterocycles. The minimum Gasteiger partial charge on any atom is -0.379 e. The number of rotatable bonds is 5. The first-order chi connectivity index (χ1) is 7.79. The summed E-state index contributed by atoms with van der Waals surface area (Å²) >= 11 is 1.80. The van der Waals surface area contributed by atoms with Gasteiger partial charge >= 0.3 is 0 Å². The predicted octanol–water partition coefficient (Wildman–Crippen LogP) is 2.97. The molecule has 3 heteroatoms. The summed E-state index contributed by atoms with van der Waals surface area (Å²) in [5.74, 6) is 0. The Morgan fingerprint density at radius 1 is 1.31 bits per heavy atom. The Morgan fingerprint density at radius 2 is 2.12 bits per heavy atom. The molecule has 1 aliphatic rings. The van der Waals surface area contributed by atoms with Crippen molar-refractivity contribution in [2.45, 2.75) is 44.1 Å². The average molecular weight is 239 g/mol. The number of hydrogen-bond acceptors (Lipinski definition) is 3. The Bertz CT molecular complexity index is 291. The van der Waals surface area contributed by atoms with Crippen LogP contribution in [0.1, 0.15) is 37.0 Å². The molecule has 2 nitrogen and oxygen atoms in total. The van der Waals surface area contributed by atoms with Gasteiger partial charge in [0.15, 0.2) is 0 Å². The number of thiophene rings is 1. The van der Waals surface area contributed by atoms with E-state index in [0.29, 0.717) is 0 Å². The molecule has 90 valence electrons. The van der Waals surface area contributed by atoms with Gasteiger partial charge in [0, 0.05) is 16.8 Å². The smallest absolute Gasteiger partial charge is 0.0646 e. The lowest BCUT2D eigenvalue weighted by Gasteiger charge is -2.33. The van der Waals surface area contributed by atoms with Crippen LogP contribution in [0.5, 0.6) is 0 Å². The van der Waals surface area contributed by atoms with Gasteiger partial charge < -0.3 is 10.5 Å². The van der Waals surface area contributed by atoms with Crippen LogP contribution in [0.25, 0.3) is 0 Å². The quantitative estimate of drug-likeness (QED) is 0.802. The molecule has 1 aromatic rings. The maximum Gasteiger partial charge on any atom is 0.0646 e. The predicted molar refractivity (Wildman–Crippen MR) is 68.8 cm³/mol. The first kappa shape index (κ1) is 12.1. The zero-order valence-electron chi connectivity index (χ0n) is 9.78. The first-order valence-corrected chi connectivity index (χ1v) is 7.06. The SMILES string of the molecule is NC1(COCCc2cccs2)CCCCC1. The largest absolute Gasteiger partial charge is 0.379 e. The third kappa shape index (κ3) is 3.58. The molecular weight excluding hydrogens is 218 g/mol. The first-order valence-electron chi connectivity index (χ1n) is 6.18. The van der Waals surface area contributed by atoms with Crippen molar-refractivity contribution in [2.75, 3.05) is 13.2 Å². The van der Waals surface area contributed by atoms with Crippen LogP contribution < -0.4 is 5.73 Å². The van der Waals surface area contributed by atoms with E-state index in [1.165, 1.54) is 24.1 Å². The van der Waals surface area contributed by atoms with Crippen LogP contribution in [0, 0.1) is 0 Å². The topological polar surface area (TPSA) is 35.2 Å². The molecule has 0 aromatic carbocycles. The van der Waals surface area contributed by atoms with E-state index in [4.69, 9.17) is 10.5 Å². The molecular formula is C13H21NOS. The molecule has 0 saturated heterocycles. The van der Waals surface area contributed by atoms with E-state index in [2.05, 4.69) is 17.5 Å². The maximum atomic E-state index is 6.30. The molecule has 0 aliphatic heterocycles. The molecule has 0 atom stereocenters. The molecule has 16 heavy (non-hydrogen) atoms. The van der Waals surface area contributed by atoms with Crippen molar-refractivity contribution in [3.05, 3.63) is 22.4 Å². The maximum absolute atomic E-state index is 6.30. The summed E-state index contributed by atoms with van der Waals surface area (Å²) in [6, 6.07) is 4.25. The molecule has 1 saturated carbocycles. The van der Waals surface area contributed by atoms with E-state index >= 15 is 0 Å². The molecule has 0 radical (unpaired) electrons. The molecule has 2 N–H and O–H groups in total. The van der Waals surface area contributed by atoms with Crippen molar-refractivity contribution in [1.82, 2.24) is 0 Å². The van der Waals surface area contributed by atoms with Gasteiger partial charge in [-0.1, -0.05) is 25.3 Å². The Labute approximate surface area is 102 Å². The highest BCUT2D eigenvalue weighted by molar-refractivity contribution is 7.09. The monoisotopic (exact) mass is 239 g/mol. The van der Waals surface area contributed by atoms with Crippen LogP contribution in [-0.2, 0) is 11.2 Å². The van der Waals surface area contributed by atoms with E-state index in [-0.39, 0.29) is 5.54 Å². The van der Waals surface area contributed by atoms with E-state index < -0.39 is 0 Å². The Morgan fingerprint density at radius 3 is 2.81 bits per heavy atom. The van der Waals surface area contributed by atoms with Gasteiger partial charge in [0.05, 0.1) is 13.2 Å². The van der Waals surface area contributed by atoms with Gasteiger partial charge in [-0.25, -0.2) is 0 Å². The lowest BCUT2D eigenvalue weighted by atomic mass is 9.83. The summed E-state index contributed by atoms with van der Waals surface area (Å²) in [5.41, 5.74) is 6.26. The summed E-state index contributed by atoms with van der Waals surface area (Å²) in [7, 11) is 0. The second-order valence-electron chi connectivity index (χ2n) is 4.80. The van der Waals surface area contributed by atoms with Gasteiger partial charge in [0.25, 0.3) is 0 Å². The minimum absolute atomic E-state index is 0.0340. The minimum atomic E-state index is -0.0340. The average Bonchev–Trinajstić information content (AvgIpc) is 2.78. The van der Waals surface area contributed by atoms with E-state index in [1.807, 2.05) is 0 Å². The van der Waals surface area contributed by atoms with Gasteiger partial charge in [-0.05, 0) is 24.3 Å². The fourth-order valence-corrected chi connectivity index (χ4v) is 2.99. The van der Waals surface area contributed by atoms with Crippen molar-refractivity contribution >= 4 is 11.3 Å². The fraction of sp³-hybridized carbons (Fsp3) is 0.692. The van der Waals surface area contributed by atoms with Crippen LogP contribution in [0.4, 0.5) is 0 Å². The summed E-state index contributed by atoms with van der Waals surface area (Å²) in [6.07, 6.45) is 7.16. The molecule has 1 heterocycles. The molecule has 2 rings (SSSR count). The Balaban J connectivity index is 1.63. The third-order valence-corrected chi connectivity index (χ3v) is 4.25. The Kier molecular flexibility index (Phi) is 4.38. The summed E-state index contributed by atoms with van der Waals surface area (Å²) in [5, 5.41) is 2.11. The van der Waals surface area contributed by atoms with Crippen LogP contribution in [-0.4, -0.2) is 18.8 Å². The molecule has 0 bridgehead atoms. The van der Waals surface area contributed by atoms with E-state index in [9.17, 15) is 0 Å². The molecule has 0 spiro atoms. The highest BCUT2D eigenvalue weighted by Gasteiger charge is 2.27. The van der Waals surface area contributed by atoms with Gasteiger partial charge in [0.1, 0.15) is 0 Å². The number of hydrogen-bond donors (Lipinski definition) is 1. The third-order valence-electron chi connectivity index (χ3n) is 3.31. The highest BCUT2D eigenvalue weighted by Crippen LogP contribution is 2.26.